The van der Waals surface area contributed by atoms with Crippen LogP contribution < -0.4 is 10.1 Å². The van der Waals surface area contributed by atoms with Gasteiger partial charge in [0.15, 0.2) is 0 Å². The summed E-state index contributed by atoms with van der Waals surface area (Å²) in [5.41, 5.74) is 0. The lowest BCUT2D eigenvalue weighted by Gasteiger charge is -2.27. The molecule has 1 aliphatic rings. The van der Waals surface area contributed by atoms with Gasteiger partial charge in [-0.2, -0.15) is 0 Å². The topological polar surface area (TPSA) is 41.5 Å². The average molecular weight is 263 g/mol. The number of hydrogen-bond donors (Lipinski definition) is 2. The summed E-state index contributed by atoms with van der Waals surface area (Å²) in [6, 6.07) is 10.2. The first-order valence-corrected chi connectivity index (χ1v) is 7.33. The number of ether oxygens (including phenoxy) is 1. The maximum absolute atomic E-state index is 9.91. The van der Waals surface area contributed by atoms with Crippen LogP contribution in [-0.2, 0) is 0 Å². The molecule has 2 N–H and O–H groups in total. The van der Waals surface area contributed by atoms with Crippen molar-refractivity contribution >= 4 is 0 Å². The van der Waals surface area contributed by atoms with Gasteiger partial charge in [-0.25, -0.2) is 0 Å². The Labute approximate surface area is 116 Å². The molecule has 0 saturated heterocycles. The molecular weight excluding hydrogens is 238 g/mol. The van der Waals surface area contributed by atoms with Crippen LogP contribution >= 0.6 is 0 Å². The van der Waals surface area contributed by atoms with Crippen molar-refractivity contribution in [1.29, 1.82) is 0 Å². The van der Waals surface area contributed by atoms with Crippen molar-refractivity contribution in [2.75, 3.05) is 13.2 Å². The first-order chi connectivity index (χ1) is 9.24. The highest BCUT2D eigenvalue weighted by Crippen LogP contribution is 2.23. The van der Waals surface area contributed by atoms with E-state index < -0.39 is 6.10 Å². The molecule has 3 nitrogen and oxygen atoms in total. The monoisotopic (exact) mass is 263 g/mol. The van der Waals surface area contributed by atoms with Crippen molar-refractivity contribution in [3.8, 4) is 5.75 Å². The lowest BCUT2D eigenvalue weighted by atomic mass is 9.87. The molecule has 1 fully saturated rings. The fraction of sp³-hybridized carbons (Fsp3) is 0.625. The van der Waals surface area contributed by atoms with Gasteiger partial charge in [-0.15, -0.1) is 0 Å². The Morgan fingerprint density at radius 3 is 2.58 bits per heavy atom. The number of nitrogens with one attached hydrogen (secondary N) is 1. The summed E-state index contributed by atoms with van der Waals surface area (Å²) in [6.45, 7) is 3.28. The summed E-state index contributed by atoms with van der Waals surface area (Å²) in [5, 5.41) is 13.4. The number of para-hydroxylation sites is 1. The van der Waals surface area contributed by atoms with Crippen molar-refractivity contribution in [2.24, 2.45) is 5.92 Å². The molecule has 1 aromatic rings. The van der Waals surface area contributed by atoms with Crippen LogP contribution in [0.2, 0.25) is 0 Å². The van der Waals surface area contributed by atoms with Crippen LogP contribution in [0.15, 0.2) is 30.3 Å². The normalized spacial score (nSPS) is 24.9. The van der Waals surface area contributed by atoms with E-state index >= 15 is 0 Å². The highest BCUT2D eigenvalue weighted by molar-refractivity contribution is 5.20. The van der Waals surface area contributed by atoms with Gasteiger partial charge < -0.3 is 15.2 Å². The van der Waals surface area contributed by atoms with Crippen LogP contribution in [0.4, 0.5) is 0 Å². The van der Waals surface area contributed by atoms with Crippen LogP contribution in [0.1, 0.15) is 32.6 Å². The SMILES string of the molecule is CC1CCC(NCC(O)COc2ccccc2)CC1. The molecule has 2 rings (SSSR count). The number of aliphatic hydroxyl groups excluding tert-OH is 1. The lowest BCUT2D eigenvalue weighted by molar-refractivity contribution is 0.101. The average Bonchev–Trinajstić information content (AvgIpc) is 2.45. The van der Waals surface area contributed by atoms with E-state index in [0.717, 1.165) is 11.7 Å². The zero-order valence-electron chi connectivity index (χ0n) is 11.7. The van der Waals surface area contributed by atoms with E-state index in [4.69, 9.17) is 4.74 Å². The van der Waals surface area contributed by atoms with Gasteiger partial charge in [0, 0.05) is 12.6 Å². The molecule has 0 aliphatic heterocycles. The fourth-order valence-electron chi connectivity index (χ4n) is 2.53. The van der Waals surface area contributed by atoms with Crippen molar-refractivity contribution in [2.45, 2.75) is 44.8 Å². The Morgan fingerprint density at radius 2 is 1.89 bits per heavy atom. The van der Waals surface area contributed by atoms with Crippen LogP contribution in [0.25, 0.3) is 0 Å². The standard InChI is InChI=1S/C16H25NO2/c1-13-7-9-14(10-8-13)17-11-15(18)12-19-16-5-3-2-4-6-16/h2-6,13-15,17-18H,7-12H2,1H3. The first-order valence-electron chi connectivity index (χ1n) is 7.33. The molecule has 0 spiro atoms. The highest BCUT2D eigenvalue weighted by Gasteiger charge is 2.18. The molecule has 0 radical (unpaired) electrons. The third-order valence-electron chi connectivity index (χ3n) is 3.84. The number of aliphatic hydroxyl groups is 1. The molecular formula is C16H25NO2. The summed E-state index contributed by atoms with van der Waals surface area (Å²) in [4.78, 5) is 0. The van der Waals surface area contributed by atoms with Gasteiger partial charge in [-0.3, -0.25) is 0 Å². The second-order valence-electron chi connectivity index (χ2n) is 5.64. The summed E-state index contributed by atoms with van der Waals surface area (Å²) >= 11 is 0. The van der Waals surface area contributed by atoms with E-state index in [-0.39, 0.29) is 0 Å². The number of benzene rings is 1. The largest absolute Gasteiger partial charge is 0.491 e. The molecule has 1 aliphatic carbocycles. The zero-order valence-corrected chi connectivity index (χ0v) is 11.7. The minimum absolute atomic E-state index is 0.347. The Hall–Kier alpha value is -1.06. The van der Waals surface area contributed by atoms with Gasteiger partial charge in [0.05, 0.1) is 0 Å². The Morgan fingerprint density at radius 1 is 1.21 bits per heavy atom. The summed E-state index contributed by atoms with van der Waals surface area (Å²) in [7, 11) is 0. The fourth-order valence-corrected chi connectivity index (χ4v) is 2.53. The third-order valence-corrected chi connectivity index (χ3v) is 3.84. The molecule has 0 heterocycles. The molecule has 1 atom stereocenters. The molecule has 0 aromatic heterocycles. The predicted octanol–water partition coefficient (Wildman–Crippen LogP) is 2.59. The van der Waals surface area contributed by atoms with E-state index in [1.54, 1.807) is 0 Å². The van der Waals surface area contributed by atoms with Crippen LogP contribution in [0.3, 0.4) is 0 Å². The molecule has 0 amide bonds. The minimum atomic E-state index is -0.445. The summed E-state index contributed by atoms with van der Waals surface area (Å²) in [5.74, 6) is 1.68. The highest BCUT2D eigenvalue weighted by atomic mass is 16.5. The van der Waals surface area contributed by atoms with Gasteiger partial charge >= 0.3 is 0 Å². The summed E-state index contributed by atoms with van der Waals surface area (Å²) in [6.07, 6.45) is 4.61. The van der Waals surface area contributed by atoms with Crippen LogP contribution in [0.5, 0.6) is 5.75 Å². The zero-order chi connectivity index (χ0) is 13.5. The molecule has 106 valence electrons. The molecule has 1 unspecified atom stereocenters. The van der Waals surface area contributed by atoms with Gasteiger partial charge in [-0.05, 0) is 43.7 Å². The van der Waals surface area contributed by atoms with Crippen LogP contribution in [-0.4, -0.2) is 30.4 Å². The predicted molar refractivity (Wildman–Crippen MR) is 77.4 cm³/mol. The Bertz CT molecular complexity index is 347. The molecule has 3 heteroatoms. The number of hydrogen-bond acceptors (Lipinski definition) is 3. The quantitative estimate of drug-likeness (QED) is 0.829. The van der Waals surface area contributed by atoms with E-state index in [0.29, 0.717) is 19.2 Å². The second-order valence-corrected chi connectivity index (χ2v) is 5.64. The van der Waals surface area contributed by atoms with Gasteiger partial charge in [0.25, 0.3) is 0 Å². The number of rotatable bonds is 6. The van der Waals surface area contributed by atoms with Gasteiger partial charge in [0.1, 0.15) is 18.5 Å². The second kappa shape index (κ2) is 7.51. The van der Waals surface area contributed by atoms with E-state index in [1.807, 2.05) is 30.3 Å². The smallest absolute Gasteiger partial charge is 0.119 e. The molecule has 1 aromatic carbocycles. The first kappa shape index (κ1) is 14.4. The van der Waals surface area contributed by atoms with Crippen molar-refractivity contribution in [3.05, 3.63) is 30.3 Å². The minimum Gasteiger partial charge on any atom is -0.491 e. The van der Waals surface area contributed by atoms with E-state index in [9.17, 15) is 5.11 Å². The van der Waals surface area contributed by atoms with Crippen molar-refractivity contribution in [1.82, 2.24) is 5.32 Å². The van der Waals surface area contributed by atoms with Crippen molar-refractivity contribution in [3.63, 3.8) is 0 Å². The van der Waals surface area contributed by atoms with Crippen LogP contribution in [0, 0.1) is 5.92 Å². The summed E-state index contributed by atoms with van der Waals surface area (Å²) < 4.78 is 5.53. The molecule has 19 heavy (non-hydrogen) atoms. The maximum atomic E-state index is 9.91. The van der Waals surface area contributed by atoms with Gasteiger partial charge in [0.2, 0.25) is 0 Å². The van der Waals surface area contributed by atoms with Gasteiger partial charge in [-0.1, -0.05) is 25.1 Å². The maximum Gasteiger partial charge on any atom is 0.119 e. The third kappa shape index (κ3) is 5.21. The van der Waals surface area contributed by atoms with E-state index in [1.165, 1.54) is 25.7 Å². The Kier molecular flexibility index (Phi) is 5.67. The molecule has 0 bridgehead atoms. The lowest BCUT2D eigenvalue weighted by Crippen LogP contribution is -2.39. The van der Waals surface area contributed by atoms with E-state index in [2.05, 4.69) is 12.2 Å². The Balaban J connectivity index is 1.61. The molecule has 1 saturated carbocycles. The van der Waals surface area contributed by atoms with Crippen molar-refractivity contribution < 1.29 is 9.84 Å².